The lowest BCUT2D eigenvalue weighted by atomic mass is 9.80. The highest BCUT2D eigenvalue weighted by atomic mass is 14.2. The summed E-state index contributed by atoms with van der Waals surface area (Å²) < 4.78 is 0. The number of hydrogen-bond acceptors (Lipinski definition) is 0. The monoisotopic (exact) mass is 226 g/mol. The first-order valence-electron chi connectivity index (χ1n) is 7.63. The molecule has 0 bridgehead atoms. The van der Waals surface area contributed by atoms with Crippen LogP contribution in [0.3, 0.4) is 0 Å². The zero-order valence-electron chi connectivity index (χ0n) is 12.4. The van der Waals surface area contributed by atoms with Crippen LogP contribution in [-0.4, -0.2) is 0 Å². The van der Waals surface area contributed by atoms with Crippen LogP contribution in [0.15, 0.2) is 0 Å². The van der Waals surface area contributed by atoms with Gasteiger partial charge in [-0.25, -0.2) is 0 Å². The summed E-state index contributed by atoms with van der Waals surface area (Å²) in [5.74, 6) is 2.75. The number of hydrogen-bond donors (Lipinski definition) is 0. The van der Waals surface area contributed by atoms with E-state index in [0.717, 1.165) is 17.8 Å². The highest BCUT2D eigenvalue weighted by Gasteiger charge is 2.18. The third-order valence-electron chi connectivity index (χ3n) is 4.32. The van der Waals surface area contributed by atoms with Crippen molar-refractivity contribution in [1.82, 2.24) is 0 Å². The van der Waals surface area contributed by atoms with Gasteiger partial charge in [0.25, 0.3) is 0 Å². The van der Waals surface area contributed by atoms with Crippen molar-refractivity contribution in [2.24, 2.45) is 17.8 Å². The predicted octanol–water partition coefficient (Wildman–Crippen LogP) is 6.06. The lowest BCUT2D eigenvalue weighted by Crippen LogP contribution is -2.16. The van der Waals surface area contributed by atoms with Gasteiger partial charge in [0, 0.05) is 0 Å². The minimum Gasteiger partial charge on any atom is -0.0654 e. The van der Waals surface area contributed by atoms with Crippen molar-refractivity contribution in [1.29, 1.82) is 0 Å². The molecule has 0 N–H and O–H groups in total. The van der Waals surface area contributed by atoms with Gasteiger partial charge in [0.2, 0.25) is 0 Å². The minimum absolute atomic E-state index is 0.910. The van der Waals surface area contributed by atoms with E-state index >= 15 is 0 Å². The molecule has 0 aromatic rings. The van der Waals surface area contributed by atoms with E-state index in [2.05, 4.69) is 34.6 Å². The molecule has 0 aliphatic carbocycles. The molecule has 0 saturated carbocycles. The molecule has 3 unspecified atom stereocenters. The standard InChI is InChI=1S/C16H34/c1-6-8-10-11-13-15(4)16(5)14(3)12-9-7-2/h14-16H,6-13H2,1-5H3. The fourth-order valence-electron chi connectivity index (χ4n) is 2.51. The molecular formula is C16H34. The van der Waals surface area contributed by atoms with Gasteiger partial charge in [-0.1, -0.05) is 86.0 Å². The molecular weight excluding hydrogens is 192 g/mol. The summed E-state index contributed by atoms with van der Waals surface area (Å²) >= 11 is 0. The summed E-state index contributed by atoms with van der Waals surface area (Å²) in [6, 6.07) is 0. The molecule has 16 heavy (non-hydrogen) atoms. The van der Waals surface area contributed by atoms with Gasteiger partial charge >= 0.3 is 0 Å². The van der Waals surface area contributed by atoms with Crippen LogP contribution >= 0.6 is 0 Å². The average molecular weight is 226 g/mol. The fraction of sp³-hybridized carbons (Fsp3) is 1.00. The second kappa shape index (κ2) is 10.2. The maximum absolute atomic E-state index is 2.46. The molecule has 0 rings (SSSR count). The summed E-state index contributed by atoms with van der Waals surface area (Å²) in [7, 11) is 0. The zero-order chi connectivity index (χ0) is 12.4. The summed E-state index contributed by atoms with van der Waals surface area (Å²) in [5.41, 5.74) is 0. The van der Waals surface area contributed by atoms with Crippen LogP contribution in [-0.2, 0) is 0 Å². The molecule has 3 atom stereocenters. The molecule has 0 aliphatic rings. The van der Waals surface area contributed by atoms with Gasteiger partial charge < -0.3 is 0 Å². The van der Waals surface area contributed by atoms with Crippen LogP contribution in [0, 0.1) is 17.8 Å². The largest absolute Gasteiger partial charge is 0.0654 e. The van der Waals surface area contributed by atoms with Gasteiger partial charge in [0.15, 0.2) is 0 Å². The second-order valence-corrected chi connectivity index (χ2v) is 5.81. The van der Waals surface area contributed by atoms with Gasteiger partial charge in [0.05, 0.1) is 0 Å². The Hall–Kier alpha value is 0. The highest BCUT2D eigenvalue weighted by Crippen LogP contribution is 2.28. The van der Waals surface area contributed by atoms with Crippen molar-refractivity contribution in [3.63, 3.8) is 0 Å². The van der Waals surface area contributed by atoms with E-state index in [1.54, 1.807) is 0 Å². The number of unbranched alkanes of at least 4 members (excludes halogenated alkanes) is 4. The van der Waals surface area contributed by atoms with Crippen LogP contribution in [0.25, 0.3) is 0 Å². The molecule has 0 spiro atoms. The van der Waals surface area contributed by atoms with Crippen LogP contribution in [0.5, 0.6) is 0 Å². The average Bonchev–Trinajstić information content (AvgIpc) is 2.30. The lowest BCUT2D eigenvalue weighted by Gasteiger charge is -2.26. The van der Waals surface area contributed by atoms with E-state index in [4.69, 9.17) is 0 Å². The van der Waals surface area contributed by atoms with E-state index in [0.29, 0.717) is 0 Å². The van der Waals surface area contributed by atoms with E-state index in [-0.39, 0.29) is 0 Å². The smallest absolute Gasteiger partial charge is 0.0391 e. The summed E-state index contributed by atoms with van der Waals surface area (Å²) in [6.07, 6.45) is 11.3. The predicted molar refractivity (Wildman–Crippen MR) is 75.8 cm³/mol. The Morgan fingerprint density at radius 3 is 1.62 bits per heavy atom. The maximum atomic E-state index is 2.46. The molecule has 0 aromatic carbocycles. The Morgan fingerprint density at radius 1 is 0.625 bits per heavy atom. The third kappa shape index (κ3) is 7.30. The van der Waals surface area contributed by atoms with Crippen molar-refractivity contribution < 1.29 is 0 Å². The normalized spacial score (nSPS) is 17.1. The van der Waals surface area contributed by atoms with Gasteiger partial charge in [-0.15, -0.1) is 0 Å². The topological polar surface area (TPSA) is 0 Å². The Morgan fingerprint density at radius 2 is 1.12 bits per heavy atom. The first-order valence-corrected chi connectivity index (χ1v) is 7.63. The van der Waals surface area contributed by atoms with Crippen molar-refractivity contribution in [2.45, 2.75) is 86.0 Å². The number of rotatable bonds is 10. The van der Waals surface area contributed by atoms with Crippen molar-refractivity contribution in [2.75, 3.05) is 0 Å². The maximum Gasteiger partial charge on any atom is -0.0391 e. The fourth-order valence-corrected chi connectivity index (χ4v) is 2.51. The molecule has 0 aromatic heterocycles. The summed E-state index contributed by atoms with van der Waals surface area (Å²) in [5, 5.41) is 0. The van der Waals surface area contributed by atoms with Crippen LogP contribution in [0.2, 0.25) is 0 Å². The third-order valence-corrected chi connectivity index (χ3v) is 4.32. The molecule has 0 nitrogen and oxygen atoms in total. The lowest BCUT2D eigenvalue weighted by molar-refractivity contribution is 0.245. The molecule has 0 amide bonds. The molecule has 0 aliphatic heterocycles. The Labute approximate surface area is 104 Å². The Balaban J connectivity index is 3.66. The minimum atomic E-state index is 0.910. The van der Waals surface area contributed by atoms with E-state index in [1.807, 2.05) is 0 Å². The van der Waals surface area contributed by atoms with Crippen molar-refractivity contribution in [3.8, 4) is 0 Å². The molecule has 0 heterocycles. The molecule has 0 fully saturated rings. The van der Waals surface area contributed by atoms with Gasteiger partial charge in [0.1, 0.15) is 0 Å². The zero-order valence-corrected chi connectivity index (χ0v) is 12.4. The van der Waals surface area contributed by atoms with E-state index in [9.17, 15) is 0 Å². The van der Waals surface area contributed by atoms with Crippen molar-refractivity contribution >= 4 is 0 Å². The molecule has 0 saturated heterocycles. The van der Waals surface area contributed by atoms with E-state index < -0.39 is 0 Å². The Kier molecular flexibility index (Phi) is 10.2. The van der Waals surface area contributed by atoms with E-state index in [1.165, 1.54) is 51.4 Å². The van der Waals surface area contributed by atoms with Gasteiger partial charge in [-0.3, -0.25) is 0 Å². The molecule has 0 radical (unpaired) electrons. The highest BCUT2D eigenvalue weighted by molar-refractivity contribution is 4.68. The van der Waals surface area contributed by atoms with Crippen LogP contribution in [0.4, 0.5) is 0 Å². The van der Waals surface area contributed by atoms with Gasteiger partial charge in [-0.2, -0.15) is 0 Å². The first-order chi connectivity index (χ1) is 7.63. The molecule has 0 heteroatoms. The summed E-state index contributed by atoms with van der Waals surface area (Å²) in [4.78, 5) is 0. The van der Waals surface area contributed by atoms with Crippen LogP contribution in [0.1, 0.15) is 86.0 Å². The molecule has 98 valence electrons. The van der Waals surface area contributed by atoms with Gasteiger partial charge in [-0.05, 0) is 17.8 Å². The van der Waals surface area contributed by atoms with Crippen molar-refractivity contribution in [3.05, 3.63) is 0 Å². The summed E-state index contributed by atoms with van der Waals surface area (Å²) in [6.45, 7) is 12.0. The second-order valence-electron chi connectivity index (χ2n) is 5.81. The first kappa shape index (κ1) is 16.0. The quantitative estimate of drug-likeness (QED) is 0.397. The Bertz CT molecular complexity index is 139. The SMILES string of the molecule is CCCCCCC(C)C(C)C(C)CCCC. The van der Waals surface area contributed by atoms with Crippen LogP contribution < -0.4 is 0 Å².